The SMILES string of the molecule is CC(C)SSC(CN)CC(N)C(=O)O. The topological polar surface area (TPSA) is 89.3 Å². The van der Waals surface area contributed by atoms with Gasteiger partial charge >= 0.3 is 5.97 Å². The van der Waals surface area contributed by atoms with E-state index in [-0.39, 0.29) is 5.25 Å². The Morgan fingerprint density at radius 3 is 2.36 bits per heavy atom. The lowest BCUT2D eigenvalue weighted by Gasteiger charge is -2.16. The maximum Gasteiger partial charge on any atom is 0.320 e. The fourth-order valence-corrected chi connectivity index (χ4v) is 3.10. The van der Waals surface area contributed by atoms with Crippen molar-refractivity contribution in [2.24, 2.45) is 11.5 Å². The molecule has 6 heteroatoms. The molecule has 0 rings (SSSR count). The van der Waals surface area contributed by atoms with Crippen LogP contribution >= 0.6 is 21.6 Å². The van der Waals surface area contributed by atoms with Gasteiger partial charge in [-0.3, -0.25) is 4.79 Å². The third-order valence-electron chi connectivity index (χ3n) is 1.48. The summed E-state index contributed by atoms with van der Waals surface area (Å²) in [6, 6.07) is -0.802. The standard InChI is InChI=1S/C8H18N2O2S2/c1-5(2)13-14-6(4-9)3-7(10)8(11)12/h5-7H,3-4,9-10H2,1-2H3,(H,11,12). The Labute approximate surface area is 92.6 Å². The van der Waals surface area contributed by atoms with Gasteiger partial charge in [0.2, 0.25) is 0 Å². The second-order valence-corrected chi connectivity index (χ2v) is 6.43. The van der Waals surface area contributed by atoms with E-state index in [4.69, 9.17) is 16.6 Å². The van der Waals surface area contributed by atoms with Crippen molar-refractivity contribution in [3.8, 4) is 0 Å². The molecule has 2 unspecified atom stereocenters. The summed E-state index contributed by atoms with van der Waals surface area (Å²) in [7, 11) is 3.33. The van der Waals surface area contributed by atoms with Crippen molar-refractivity contribution >= 4 is 27.6 Å². The molecule has 0 aromatic carbocycles. The Kier molecular flexibility index (Phi) is 7.44. The predicted molar refractivity (Wildman–Crippen MR) is 63.4 cm³/mol. The van der Waals surface area contributed by atoms with Crippen LogP contribution in [0.4, 0.5) is 0 Å². The van der Waals surface area contributed by atoms with Crippen LogP contribution in [0.1, 0.15) is 20.3 Å². The van der Waals surface area contributed by atoms with Gasteiger partial charge in [-0.15, -0.1) is 0 Å². The minimum absolute atomic E-state index is 0.119. The highest BCUT2D eigenvalue weighted by molar-refractivity contribution is 8.77. The molecule has 0 aliphatic rings. The van der Waals surface area contributed by atoms with E-state index in [2.05, 4.69) is 13.8 Å². The third-order valence-corrected chi connectivity index (χ3v) is 4.94. The van der Waals surface area contributed by atoms with E-state index in [1.54, 1.807) is 21.6 Å². The first kappa shape index (κ1) is 14.1. The van der Waals surface area contributed by atoms with Crippen LogP contribution < -0.4 is 11.5 Å². The van der Waals surface area contributed by atoms with Crippen molar-refractivity contribution < 1.29 is 9.90 Å². The fraction of sp³-hybridized carbons (Fsp3) is 0.875. The molecule has 5 N–H and O–H groups in total. The predicted octanol–water partition coefficient (Wildman–Crippen LogP) is 0.906. The lowest BCUT2D eigenvalue weighted by atomic mass is 10.2. The average molecular weight is 238 g/mol. The molecule has 4 nitrogen and oxygen atoms in total. The molecule has 0 aromatic heterocycles. The summed E-state index contributed by atoms with van der Waals surface area (Å²) < 4.78 is 0. The second kappa shape index (κ2) is 7.39. The first-order valence-electron chi connectivity index (χ1n) is 4.48. The Balaban J connectivity index is 3.84. The first-order valence-corrected chi connectivity index (χ1v) is 6.75. The molecule has 0 aromatic rings. The monoisotopic (exact) mass is 238 g/mol. The van der Waals surface area contributed by atoms with E-state index in [1.165, 1.54) is 0 Å². The highest BCUT2D eigenvalue weighted by Crippen LogP contribution is 2.32. The van der Waals surface area contributed by atoms with E-state index in [0.717, 1.165) is 0 Å². The average Bonchev–Trinajstić information content (AvgIpc) is 2.11. The molecule has 0 amide bonds. The van der Waals surface area contributed by atoms with E-state index < -0.39 is 12.0 Å². The summed E-state index contributed by atoms with van der Waals surface area (Å²) in [5.41, 5.74) is 10.9. The van der Waals surface area contributed by atoms with Gasteiger partial charge in [0.15, 0.2) is 0 Å². The smallest absolute Gasteiger partial charge is 0.320 e. The first-order chi connectivity index (χ1) is 6.47. The molecule has 0 saturated carbocycles. The highest BCUT2D eigenvalue weighted by atomic mass is 33.1. The number of carboxylic acids is 1. The van der Waals surface area contributed by atoms with Gasteiger partial charge in [-0.05, 0) is 6.42 Å². The number of aliphatic carboxylic acids is 1. The molecule has 0 radical (unpaired) electrons. The minimum Gasteiger partial charge on any atom is -0.480 e. The molecule has 0 aliphatic carbocycles. The fourth-order valence-electron chi connectivity index (χ4n) is 0.749. The summed E-state index contributed by atoms with van der Waals surface area (Å²) in [5, 5.41) is 9.25. The van der Waals surface area contributed by atoms with Crippen LogP contribution in [0.25, 0.3) is 0 Å². The van der Waals surface area contributed by atoms with Gasteiger partial charge in [0.05, 0.1) is 0 Å². The van der Waals surface area contributed by atoms with Crippen LogP contribution in [-0.2, 0) is 4.79 Å². The molecule has 0 saturated heterocycles. The van der Waals surface area contributed by atoms with E-state index in [9.17, 15) is 4.79 Å². The molecule has 0 bridgehead atoms. The van der Waals surface area contributed by atoms with Crippen molar-refractivity contribution in [1.29, 1.82) is 0 Å². The molecule has 84 valence electrons. The summed E-state index contributed by atoms with van der Waals surface area (Å²) >= 11 is 0. The quantitative estimate of drug-likeness (QED) is 0.571. The van der Waals surface area contributed by atoms with Gasteiger partial charge in [0, 0.05) is 17.0 Å². The van der Waals surface area contributed by atoms with Gasteiger partial charge in [-0.25, -0.2) is 0 Å². The summed E-state index contributed by atoms with van der Waals surface area (Å²) in [6.45, 7) is 4.64. The van der Waals surface area contributed by atoms with Gasteiger partial charge in [0.1, 0.15) is 6.04 Å². The maximum atomic E-state index is 10.5. The zero-order valence-corrected chi connectivity index (χ0v) is 10.1. The molecule has 14 heavy (non-hydrogen) atoms. The maximum absolute atomic E-state index is 10.5. The zero-order chi connectivity index (χ0) is 11.1. The van der Waals surface area contributed by atoms with E-state index >= 15 is 0 Å². The Bertz CT molecular complexity index is 179. The number of nitrogens with two attached hydrogens (primary N) is 2. The highest BCUT2D eigenvalue weighted by Gasteiger charge is 2.18. The van der Waals surface area contributed by atoms with Crippen LogP contribution in [0.5, 0.6) is 0 Å². The number of hydrogen-bond donors (Lipinski definition) is 3. The Morgan fingerprint density at radius 1 is 1.43 bits per heavy atom. The van der Waals surface area contributed by atoms with Crippen molar-refractivity contribution in [3.05, 3.63) is 0 Å². The van der Waals surface area contributed by atoms with E-state index in [1.807, 2.05) is 0 Å². The van der Waals surface area contributed by atoms with E-state index in [0.29, 0.717) is 18.2 Å². The molecule has 0 spiro atoms. The normalized spacial score (nSPS) is 15.5. The molecule has 0 fully saturated rings. The van der Waals surface area contributed by atoms with Gasteiger partial charge in [-0.1, -0.05) is 35.4 Å². The van der Waals surface area contributed by atoms with Gasteiger partial charge in [0.25, 0.3) is 0 Å². The van der Waals surface area contributed by atoms with Crippen molar-refractivity contribution in [2.45, 2.75) is 36.8 Å². The van der Waals surface area contributed by atoms with Crippen LogP contribution in [0.3, 0.4) is 0 Å². The number of rotatable bonds is 7. The lowest BCUT2D eigenvalue weighted by molar-refractivity contribution is -0.138. The van der Waals surface area contributed by atoms with Crippen LogP contribution in [0.2, 0.25) is 0 Å². The molecule has 2 atom stereocenters. The summed E-state index contributed by atoms with van der Waals surface area (Å²) in [6.07, 6.45) is 0.427. The summed E-state index contributed by atoms with van der Waals surface area (Å²) in [4.78, 5) is 10.5. The number of carboxylic acid groups (broad SMARTS) is 1. The Hall–Kier alpha value is 0.0900. The number of hydrogen-bond acceptors (Lipinski definition) is 5. The van der Waals surface area contributed by atoms with Crippen LogP contribution in [0, 0.1) is 0 Å². The zero-order valence-electron chi connectivity index (χ0n) is 8.47. The molecule has 0 aliphatic heterocycles. The van der Waals surface area contributed by atoms with Crippen LogP contribution in [-0.4, -0.2) is 34.2 Å². The summed E-state index contributed by atoms with van der Waals surface area (Å²) in [5.74, 6) is -0.960. The van der Waals surface area contributed by atoms with Crippen LogP contribution in [0.15, 0.2) is 0 Å². The molecule has 0 heterocycles. The number of carbonyl (C=O) groups is 1. The molecular weight excluding hydrogens is 220 g/mol. The van der Waals surface area contributed by atoms with Crippen molar-refractivity contribution in [3.63, 3.8) is 0 Å². The van der Waals surface area contributed by atoms with Crippen molar-refractivity contribution in [2.75, 3.05) is 6.54 Å². The minimum atomic E-state index is -0.960. The second-order valence-electron chi connectivity index (χ2n) is 3.28. The lowest BCUT2D eigenvalue weighted by Crippen LogP contribution is -2.35. The van der Waals surface area contributed by atoms with Gasteiger partial charge in [-0.2, -0.15) is 0 Å². The van der Waals surface area contributed by atoms with Gasteiger partial charge < -0.3 is 16.6 Å². The third kappa shape index (κ3) is 6.53. The Morgan fingerprint density at radius 2 is 2.00 bits per heavy atom. The molecular formula is C8H18N2O2S2. The largest absolute Gasteiger partial charge is 0.480 e. The van der Waals surface area contributed by atoms with Crippen molar-refractivity contribution in [1.82, 2.24) is 0 Å².